The lowest BCUT2D eigenvalue weighted by molar-refractivity contribution is 0.434. The van der Waals surface area contributed by atoms with Crippen LogP contribution in [0, 0.1) is 0 Å². The van der Waals surface area contributed by atoms with E-state index in [1.165, 1.54) is 11.1 Å². The minimum atomic E-state index is -0.244. The van der Waals surface area contributed by atoms with Crippen molar-refractivity contribution < 1.29 is 10.2 Å². The Labute approximate surface area is 218 Å². The fraction of sp³-hybridized carbons (Fsp3) is 0.625. The summed E-state index contributed by atoms with van der Waals surface area (Å²) in [5, 5.41) is 22.9. The molecule has 2 nitrogen and oxygen atoms in total. The summed E-state index contributed by atoms with van der Waals surface area (Å²) >= 11 is 0. The summed E-state index contributed by atoms with van der Waals surface area (Å²) in [6.45, 7) is 13.3. The summed E-state index contributed by atoms with van der Waals surface area (Å²) in [7, 11) is 3.01. The van der Waals surface area contributed by atoms with E-state index in [1.54, 1.807) is 0 Å². The molecule has 196 valence electrons. The van der Waals surface area contributed by atoms with Gasteiger partial charge < -0.3 is 10.2 Å². The highest BCUT2D eigenvalue weighted by Crippen LogP contribution is 2.49. The van der Waals surface area contributed by atoms with Gasteiger partial charge in [0.05, 0.1) is 0 Å². The summed E-state index contributed by atoms with van der Waals surface area (Å²) in [6, 6.07) is 8.89. The molecule has 35 heavy (non-hydrogen) atoms. The minimum Gasteiger partial charge on any atom is -0.507 e. The van der Waals surface area contributed by atoms with E-state index in [1.807, 2.05) is 0 Å². The van der Waals surface area contributed by atoms with Crippen LogP contribution in [0.25, 0.3) is 0 Å². The van der Waals surface area contributed by atoms with Crippen molar-refractivity contribution in [2.75, 3.05) is 0 Å². The maximum absolute atomic E-state index is 11.6. The Morgan fingerprint density at radius 3 is 1.29 bits per heavy atom. The van der Waals surface area contributed by atoms with Gasteiger partial charge >= 0.3 is 0 Å². The van der Waals surface area contributed by atoms with Crippen molar-refractivity contribution in [3.8, 4) is 11.5 Å². The highest BCUT2D eigenvalue weighted by Gasteiger charge is 2.34. The van der Waals surface area contributed by atoms with Gasteiger partial charge in [-0.25, -0.2) is 0 Å². The molecule has 0 radical (unpaired) electrons. The first-order chi connectivity index (χ1) is 16.7. The van der Waals surface area contributed by atoms with Crippen molar-refractivity contribution in [1.29, 1.82) is 0 Å². The summed E-state index contributed by atoms with van der Waals surface area (Å²) in [6.07, 6.45) is 12.8. The number of aryl methyl sites for hydroxylation is 4. The molecule has 0 bridgehead atoms. The van der Waals surface area contributed by atoms with Gasteiger partial charge in [0.25, 0.3) is 0 Å². The summed E-state index contributed by atoms with van der Waals surface area (Å²) in [5.74, 6) is 0.733. The van der Waals surface area contributed by atoms with E-state index < -0.39 is 0 Å². The zero-order chi connectivity index (χ0) is 26.0. The van der Waals surface area contributed by atoms with E-state index >= 15 is 0 Å². The smallest absolute Gasteiger partial charge is 0.122 e. The highest BCUT2D eigenvalue weighted by molar-refractivity contribution is 7.19. The Bertz CT molecular complexity index is 857. The Balaban J connectivity index is 2.76. The number of rotatable bonds is 15. The average Bonchev–Trinajstić information content (AvgIpc) is 2.81. The van der Waals surface area contributed by atoms with Crippen molar-refractivity contribution >= 4 is 9.24 Å². The molecular weight excluding hydrogens is 447 g/mol. The van der Waals surface area contributed by atoms with Gasteiger partial charge in [-0.3, -0.25) is 0 Å². The predicted molar refractivity (Wildman–Crippen MR) is 156 cm³/mol. The second-order valence-electron chi connectivity index (χ2n) is 11.1. The largest absolute Gasteiger partial charge is 0.507 e. The van der Waals surface area contributed by atoms with Crippen LogP contribution < -0.4 is 0 Å². The Morgan fingerprint density at radius 1 is 0.629 bits per heavy atom. The van der Waals surface area contributed by atoms with E-state index in [0.717, 1.165) is 99.3 Å². The first-order valence-electron chi connectivity index (χ1n) is 14.2. The molecule has 0 saturated heterocycles. The lowest BCUT2D eigenvalue weighted by Crippen LogP contribution is -2.24. The molecule has 1 unspecified atom stereocenters. The molecule has 0 saturated carbocycles. The molecular formula is C32H51O2P. The molecule has 0 aromatic heterocycles. The normalized spacial score (nSPS) is 12.0. The average molecular weight is 499 g/mol. The maximum atomic E-state index is 11.6. The second-order valence-corrected chi connectivity index (χ2v) is 12.5. The van der Waals surface area contributed by atoms with E-state index in [2.05, 4.69) is 75.0 Å². The highest BCUT2D eigenvalue weighted by atomic mass is 31.0. The molecule has 0 aliphatic rings. The number of aromatic hydroxyl groups is 2. The zero-order valence-corrected chi connectivity index (χ0v) is 24.5. The van der Waals surface area contributed by atoms with Gasteiger partial charge in [0.2, 0.25) is 0 Å². The third-order valence-corrected chi connectivity index (χ3v) is 7.49. The van der Waals surface area contributed by atoms with E-state index in [9.17, 15) is 10.2 Å². The van der Waals surface area contributed by atoms with Gasteiger partial charge in [0.1, 0.15) is 11.5 Å². The first-order valence-corrected chi connectivity index (χ1v) is 14.7. The van der Waals surface area contributed by atoms with Crippen LogP contribution in [-0.4, -0.2) is 15.4 Å². The SMILES string of the molecule is CCCCc1cc(CCCC)c(O)c(C(c2cc(CCCC)cc(CCCC)c2O)C(C)(C)P)c1. The topological polar surface area (TPSA) is 40.5 Å². The predicted octanol–water partition coefficient (Wildman–Crippen LogP) is 9.25. The molecule has 0 aliphatic carbocycles. The summed E-state index contributed by atoms with van der Waals surface area (Å²) < 4.78 is 0. The van der Waals surface area contributed by atoms with Crippen molar-refractivity contribution in [2.24, 2.45) is 0 Å². The lowest BCUT2D eigenvalue weighted by atomic mass is 9.77. The van der Waals surface area contributed by atoms with Gasteiger partial charge in [-0.1, -0.05) is 91.5 Å². The third kappa shape index (κ3) is 8.24. The fourth-order valence-electron chi connectivity index (χ4n) is 5.15. The van der Waals surface area contributed by atoms with Crippen LogP contribution in [0.4, 0.5) is 0 Å². The fourth-order valence-corrected chi connectivity index (χ4v) is 5.51. The van der Waals surface area contributed by atoms with Gasteiger partial charge in [-0.05, 0) is 78.8 Å². The molecule has 1 atom stereocenters. The van der Waals surface area contributed by atoms with Gasteiger partial charge in [-0.15, -0.1) is 9.24 Å². The number of benzene rings is 2. The molecule has 0 heterocycles. The van der Waals surface area contributed by atoms with Crippen molar-refractivity contribution in [3.05, 3.63) is 57.6 Å². The Hall–Kier alpha value is -1.53. The monoisotopic (exact) mass is 498 g/mol. The van der Waals surface area contributed by atoms with Crippen LogP contribution in [0.5, 0.6) is 11.5 Å². The van der Waals surface area contributed by atoms with E-state index in [0.29, 0.717) is 11.5 Å². The molecule has 2 aromatic carbocycles. The molecule has 0 fully saturated rings. The quantitative estimate of drug-likeness (QED) is 0.240. The molecule has 2 rings (SSSR count). The van der Waals surface area contributed by atoms with Gasteiger partial charge in [0, 0.05) is 17.0 Å². The first kappa shape index (κ1) is 29.7. The maximum Gasteiger partial charge on any atom is 0.122 e. The van der Waals surface area contributed by atoms with Crippen LogP contribution in [0.2, 0.25) is 0 Å². The van der Waals surface area contributed by atoms with Crippen molar-refractivity contribution in [1.82, 2.24) is 0 Å². The van der Waals surface area contributed by atoms with Crippen LogP contribution in [-0.2, 0) is 25.7 Å². The Kier molecular flexibility index (Phi) is 12.1. The molecule has 2 N–H and O–H groups in total. The van der Waals surface area contributed by atoms with Crippen molar-refractivity contribution in [2.45, 2.75) is 130 Å². The molecule has 0 aliphatic heterocycles. The zero-order valence-electron chi connectivity index (χ0n) is 23.3. The van der Waals surface area contributed by atoms with Crippen molar-refractivity contribution in [3.63, 3.8) is 0 Å². The second kappa shape index (κ2) is 14.3. The number of unbranched alkanes of at least 4 members (excludes halogenated alkanes) is 4. The third-order valence-electron chi connectivity index (χ3n) is 7.16. The Morgan fingerprint density at radius 2 is 0.971 bits per heavy atom. The molecule has 0 amide bonds. The summed E-state index contributed by atoms with van der Waals surface area (Å²) in [5.41, 5.74) is 6.66. The number of hydrogen-bond acceptors (Lipinski definition) is 2. The number of phenolic OH excluding ortho intramolecular Hbond substituents is 2. The van der Waals surface area contributed by atoms with Crippen LogP contribution in [0.1, 0.15) is 132 Å². The van der Waals surface area contributed by atoms with Gasteiger partial charge in [0.15, 0.2) is 0 Å². The van der Waals surface area contributed by atoms with E-state index in [-0.39, 0.29) is 11.1 Å². The molecule has 3 heteroatoms. The standard InChI is InChI=1S/C32H51O2P/c1-7-11-15-23-19-25(17-13-9-3)30(33)27(21-23)29(32(5,6)35)28-22-24(16-12-8-2)20-26(31(28)34)18-14-10-4/h19-22,29,33-34H,7-18,35H2,1-6H3. The minimum absolute atomic E-state index is 0.114. The number of hydrogen-bond donors (Lipinski definition) is 2. The van der Waals surface area contributed by atoms with Crippen LogP contribution >= 0.6 is 9.24 Å². The lowest BCUT2D eigenvalue weighted by Gasteiger charge is -2.34. The summed E-state index contributed by atoms with van der Waals surface area (Å²) in [4.78, 5) is 0. The molecule has 0 spiro atoms. The van der Waals surface area contributed by atoms with Crippen LogP contribution in [0.3, 0.4) is 0 Å². The molecule has 2 aromatic rings. The van der Waals surface area contributed by atoms with Crippen LogP contribution in [0.15, 0.2) is 24.3 Å². The van der Waals surface area contributed by atoms with Gasteiger partial charge in [-0.2, -0.15) is 0 Å². The number of phenols is 2. The van der Waals surface area contributed by atoms with E-state index in [4.69, 9.17) is 0 Å².